The highest BCUT2D eigenvalue weighted by molar-refractivity contribution is 7.90. The molecule has 2 aromatic rings. The van der Waals surface area contributed by atoms with Gasteiger partial charge in [-0.2, -0.15) is 13.2 Å². The van der Waals surface area contributed by atoms with Gasteiger partial charge in [-0.3, -0.25) is 0 Å². The molecule has 2 amide bonds. The second kappa shape index (κ2) is 11.5. The van der Waals surface area contributed by atoms with Crippen LogP contribution in [0.1, 0.15) is 56.3 Å². The van der Waals surface area contributed by atoms with Crippen molar-refractivity contribution in [1.82, 2.24) is 10.0 Å². The van der Waals surface area contributed by atoms with Crippen molar-refractivity contribution in [2.24, 2.45) is 0 Å². The maximum atomic E-state index is 14.1. The van der Waals surface area contributed by atoms with E-state index in [-0.39, 0.29) is 16.5 Å². The van der Waals surface area contributed by atoms with Gasteiger partial charge in [0, 0.05) is 18.7 Å². The minimum absolute atomic E-state index is 0.0892. The number of methoxy groups -OCH3 is 1. The first kappa shape index (κ1) is 28.5. The molecule has 12 heteroatoms. The molecule has 0 unspecified atom stereocenters. The van der Waals surface area contributed by atoms with Crippen molar-refractivity contribution in [1.29, 1.82) is 0 Å². The van der Waals surface area contributed by atoms with E-state index in [0.717, 1.165) is 51.3 Å². The summed E-state index contributed by atoms with van der Waals surface area (Å²) in [5.41, 5.74) is -3.55. The van der Waals surface area contributed by atoms with E-state index in [0.29, 0.717) is 0 Å². The molecule has 1 saturated carbocycles. The molecule has 202 valence electrons. The molecule has 3 rings (SSSR count). The minimum atomic E-state index is -5.12. The summed E-state index contributed by atoms with van der Waals surface area (Å²) < 4.78 is 79.2. The molecule has 2 atom stereocenters. The van der Waals surface area contributed by atoms with Crippen LogP contribution in [0.25, 0.3) is 0 Å². The molecule has 37 heavy (non-hydrogen) atoms. The average Bonchev–Trinajstić information content (AvgIpc) is 2.85. The van der Waals surface area contributed by atoms with E-state index in [2.05, 4.69) is 5.32 Å². The number of nitrogens with one attached hydrogen (secondary N) is 2. The zero-order chi connectivity index (χ0) is 27.3. The SMILES string of the molecule is CO[C@@](C(=O)O[C@H](C)c1ccc(S(=O)(=O)NC(=O)NC2CCCCC2)cc1)(c1ccccc1)C(F)(F)F. The summed E-state index contributed by atoms with van der Waals surface area (Å²) in [6.45, 7) is 1.35. The van der Waals surface area contributed by atoms with Crippen LogP contribution in [0.4, 0.5) is 18.0 Å². The number of hydrogen-bond donors (Lipinski definition) is 2. The van der Waals surface area contributed by atoms with Gasteiger partial charge in [0.05, 0.1) is 4.90 Å². The molecule has 1 aliphatic carbocycles. The number of ether oxygens (including phenoxy) is 2. The van der Waals surface area contributed by atoms with Gasteiger partial charge in [0.2, 0.25) is 0 Å². The van der Waals surface area contributed by atoms with Crippen LogP contribution in [0.2, 0.25) is 0 Å². The van der Waals surface area contributed by atoms with Gasteiger partial charge in [0.15, 0.2) is 0 Å². The number of sulfonamides is 1. The second-order valence-corrected chi connectivity index (χ2v) is 10.5. The number of carbonyl (C=O) groups excluding carboxylic acids is 2. The molecule has 1 aliphatic rings. The Balaban J connectivity index is 1.72. The average molecular weight is 543 g/mol. The number of esters is 1. The van der Waals surface area contributed by atoms with E-state index in [1.807, 2.05) is 4.72 Å². The van der Waals surface area contributed by atoms with Crippen LogP contribution < -0.4 is 10.0 Å². The quantitative estimate of drug-likeness (QED) is 0.468. The van der Waals surface area contributed by atoms with Crippen molar-refractivity contribution < 1.29 is 40.7 Å². The predicted octanol–water partition coefficient (Wildman–Crippen LogP) is 4.72. The summed E-state index contributed by atoms with van der Waals surface area (Å²) in [6.07, 6.45) is -1.74. The normalized spacial score (nSPS) is 17.3. The number of halogens is 3. The van der Waals surface area contributed by atoms with Crippen LogP contribution in [0.5, 0.6) is 0 Å². The predicted molar refractivity (Wildman–Crippen MR) is 128 cm³/mol. The van der Waals surface area contributed by atoms with Crippen molar-refractivity contribution >= 4 is 22.0 Å². The lowest BCUT2D eigenvalue weighted by molar-refractivity contribution is -0.278. The third-order valence-electron chi connectivity index (χ3n) is 6.28. The number of urea groups is 1. The van der Waals surface area contributed by atoms with Gasteiger partial charge < -0.3 is 14.8 Å². The lowest BCUT2D eigenvalue weighted by Gasteiger charge is -2.33. The van der Waals surface area contributed by atoms with Gasteiger partial charge in [-0.25, -0.2) is 22.7 Å². The summed E-state index contributed by atoms with van der Waals surface area (Å²) in [5, 5.41) is 2.65. The maximum Gasteiger partial charge on any atom is 0.432 e. The van der Waals surface area contributed by atoms with Crippen LogP contribution in [0.3, 0.4) is 0 Å². The Morgan fingerprint density at radius 2 is 1.57 bits per heavy atom. The van der Waals surface area contributed by atoms with Crippen molar-refractivity contribution in [2.75, 3.05) is 7.11 Å². The third-order valence-corrected chi connectivity index (χ3v) is 7.63. The fourth-order valence-electron chi connectivity index (χ4n) is 4.26. The minimum Gasteiger partial charge on any atom is -0.455 e. The van der Waals surface area contributed by atoms with E-state index in [4.69, 9.17) is 9.47 Å². The standard InChI is InChI=1S/C25H29F3N2O6S/c1-17(36-22(31)24(35-2,25(26,27)28)19-9-5-3-6-10-19)18-13-15-21(16-14-18)37(33,34)30-23(32)29-20-11-7-4-8-12-20/h3,5-6,9-10,13-17,20H,4,7-8,11-12H2,1-2H3,(H2,29,30,32)/t17-,24-/m1/s1. The molecule has 0 aliphatic heterocycles. The van der Waals surface area contributed by atoms with Gasteiger partial charge in [-0.05, 0) is 37.5 Å². The number of amides is 2. The van der Waals surface area contributed by atoms with E-state index < -0.39 is 45.5 Å². The molecule has 0 radical (unpaired) electrons. The molecule has 8 nitrogen and oxygen atoms in total. The number of carbonyl (C=O) groups is 2. The molecule has 1 fully saturated rings. The zero-order valence-corrected chi connectivity index (χ0v) is 21.2. The molecule has 0 spiro atoms. The van der Waals surface area contributed by atoms with E-state index in [1.165, 1.54) is 49.4 Å². The summed E-state index contributed by atoms with van der Waals surface area (Å²) in [7, 11) is -3.43. The fourth-order valence-corrected chi connectivity index (χ4v) is 5.17. The molecular formula is C25H29F3N2O6S. The first-order valence-corrected chi connectivity index (χ1v) is 13.2. The van der Waals surface area contributed by atoms with Crippen LogP contribution in [0.15, 0.2) is 59.5 Å². The Morgan fingerprint density at radius 1 is 0.973 bits per heavy atom. The van der Waals surface area contributed by atoms with Gasteiger partial charge in [-0.1, -0.05) is 61.7 Å². The van der Waals surface area contributed by atoms with E-state index >= 15 is 0 Å². The first-order valence-electron chi connectivity index (χ1n) is 11.7. The van der Waals surface area contributed by atoms with Gasteiger partial charge in [0.25, 0.3) is 15.6 Å². The smallest absolute Gasteiger partial charge is 0.432 e. The molecule has 2 aromatic carbocycles. The Morgan fingerprint density at radius 3 is 2.11 bits per heavy atom. The highest BCUT2D eigenvalue weighted by atomic mass is 32.2. The van der Waals surface area contributed by atoms with Crippen LogP contribution in [-0.2, 0) is 29.9 Å². The van der Waals surface area contributed by atoms with Gasteiger partial charge >= 0.3 is 18.2 Å². The fraction of sp³-hybridized carbons (Fsp3) is 0.440. The number of hydrogen-bond acceptors (Lipinski definition) is 6. The molecule has 2 N–H and O–H groups in total. The summed E-state index contributed by atoms with van der Waals surface area (Å²) in [5.74, 6) is -1.67. The second-order valence-electron chi connectivity index (χ2n) is 8.78. The number of alkyl halides is 3. The molecule has 0 aromatic heterocycles. The first-order chi connectivity index (χ1) is 17.4. The number of benzene rings is 2. The van der Waals surface area contributed by atoms with E-state index in [9.17, 15) is 31.2 Å². The van der Waals surface area contributed by atoms with Crippen LogP contribution in [0, 0.1) is 0 Å². The summed E-state index contributed by atoms with van der Waals surface area (Å²) in [6, 6.07) is 10.4. The topological polar surface area (TPSA) is 111 Å². The molecule has 0 bridgehead atoms. The lowest BCUT2D eigenvalue weighted by atomic mass is 9.92. The third kappa shape index (κ3) is 6.42. The van der Waals surface area contributed by atoms with Crippen LogP contribution >= 0.6 is 0 Å². The number of rotatable bonds is 8. The van der Waals surface area contributed by atoms with Gasteiger partial charge in [0.1, 0.15) is 6.10 Å². The Labute approximate surface area is 213 Å². The Kier molecular flexibility index (Phi) is 8.85. The highest BCUT2D eigenvalue weighted by Crippen LogP contribution is 2.43. The van der Waals surface area contributed by atoms with Crippen molar-refractivity contribution in [3.63, 3.8) is 0 Å². The van der Waals surface area contributed by atoms with Crippen molar-refractivity contribution in [2.45, 2.75) is 67.8 Å². The van der Waals surface area contributed by atoms with Crippen LogP contribution in [-0.4, -0.2) is 39.7 Å². The maximum absolute atomic E-state index is 14.1. The van der Waals surface area contributed by atoms with Crippen molar-refractivity contribution in [3.8, 4) is 0 Å². The highest BCUT2D eigenvalue weighted by Gasteiger charge is 2.64. The Bertz CT molecular complexity index is 1180. The monoisotopic (exact) mass is 542 g/mol. The molecule has 0 saturated heterocycles. The largest absolute Gasteiger partial charge is 0.455 e. The van der Waals surface area contributed by atoms with Crippen molar-refractivity contribution in [3.05, 3.63) is 65.7 Å². The summed E-state index contributed by atoms with van der Waals surface area (Å²) >= 11 is 0. The molecular weight excluding hydrogens is 513 g/mol. The lowest BCUT2D eigenvalue weighted by Crippen LogP contribution is -2.51. The Hall–Kier alpha value is -3.12. The molecule has 0 heterocycles. The summed E-state index contributed by atoms with van der Waals surface area (Å²) in [4.78, 5) is 24.7. The van der Waals surface area contributed by atoms with Gasteiger partial charge in [-0.15, -0.1) is 0 Å². The van der Waals surface area contributed by atoms with E-state index in [1.54, 1.807) is 0 Å². The zero-order valence-electron chi connectivity index (χ0n) is 20.4.